The number of carbonyl (C=O) groups is 1. The lowest BCUT2D eigenvalue weighted by Gasteiger charge is -2.16. The number of aliphatic carboxylic acids is 1. The van der Waals surface area contributed by atoms with Crippen LogP contribution in [0.15, 0.2) is 60.7 Å². The van der Waals surface area contributed by atoms with Gasteiger partial charge < -0.3 is 15.2 Å². The Labute approximate surface area is 153 Å². The highest BCUT2D eigenvalue weighted by Crippen LogP contribution is 2.29. The molecule has 0 aliphatic heterocycles. The molecule has 0 radical (unpaired) electrons. The largest absolute Gasteiger partial charge is 0.489 e. The van der Waals surface area contributed by atoms with E-state index < -0.39 is 12.0 Å². The lowest BCUT2D eigenvalue weighted by molar-refractivity contribution is -0.139. The maximum absolute atomic E-state index is 11.1. The minimum Gasteiger partial charge on any atom is -0.489 e. The van der Waals surface area contributed by atoms with Crippen molar-refractivity contribution in [2.24, 2.45) is 0 Å². The van der Waals surface area contributed by atoms with E-state index in [1.54, 1.807) is 6.92 Å². The van der Waals surface area contributed by atoms with Crippen LogP contribution in [0.4, 0.5) is 0 Å². The Morgan fingerprint density at radius 1 is 1.12 bits per heavy atom. The van der Waals surface area contributed by atoms with Crippen molar-refractivity contribution in [1.82, 2.24) is 5.32 Å². The molecular formula is C22H23NO3. The first-order chi connectivity index (χ1) is 12.5. The standard InChI is InChI=1S/C22H23NO3/c1-15-6-5-7-17(12-15)14-26-21-11-10-18-8-3-4-9-19(18)20(21)13-23-16(2)22(24)25/h3-12,16,23H,13-14H2,1-2H3,(H,24,25). The van der Waals surface area contributed by atoms with Crippen LogP contribution < -0.4 is 10.1 Å². The van der Waals surface area contributed by atoms with Crippen molar-refractivity contribution >= 4 is 16.7 Å². The Morgan fingerprint density at radius 3 is 2.69 bits per heavy atom. The molecule has 1 atom stereocenters. The fraction of sp³-hybridized carbons (Fsp3) is 0.227. The first-order valence-corrected chi connectivity index (χ1v) is 8.70. The van der Waals surface area contributed by atoms with E-state index in [1.807, 2.05) is 48.5 Å². The maximum Gasteiger partial charge on any atom is 0.320 e. The van der Waals surface area contributed by atoms with Gasteiger partial charge in [-0.1, -0.05) is 60.2 Å². The van der Waals surface area contributed by atoms with E-state index >= 15 is 0 Å². The van der Waals surface area contributed by atoms with Crippen LogP contribution in [0.1, 0.15) is 23.6 Å². The molecule has 0 spiro atoms. The van der Waals surface area contributed by atoms with Gasteiger partial charge in [0.2, 0.25) is 0 Å². The van der Waals surface area contributed by atoms with Gasteiger partial charge in [-0.15, -0.1) is 0 Å². The SMILES string of the molecule is Cc1cccc(COc2ccc3ccccc3c2CNC(C)C(=O)O)c1. The van der Waals surface area contributed by atoms with Crippen LogP contribution >= 0.6 is 0 Å². The molecule has 0 amide bonds. The number of hydrogen-bond donors (Lipinski definition) is 2. The second-order valence-corrected chi connectivity index (χ2v) is 6.48. The van der Waals surface area contributed by atoms with Gasteiger partial charge in [0, 0.05) is 12.1 Å². The van der Waals surface area contributed by atoms with Gasteiger partial charge in [-0.3, -0.25) is 4.79 Å². The molecule has 0 fully saturated rings. The summed E-state index contributed by atoms with van der Waals surface area (Å²) in [7, 11) is 0. The predicted octanol–water partition coefficient (Wildman–Crippen LogP) is 4.29. The summed E-state index contributed by atoms with van der Waals surface area (Å²) in [5.74, 6) is -0.0947. The molecule has 0 saturated carbocycles. The Morgan fingerprint density at radius 2 is 1.92 bits per heavy atom. The van der Waals surface area contributed by atoms with Gasteiger partial charge in [-0.05, 0) is 36.2 Å². The lowest BCUT2D eigenvalue weighted by atomic mass is 10.0. The molecule has 2 N–H and O–H groups in total. The smallest absolute Gasteiger partial charge is 0.320 e. The third kappa shape index (κ3) is 4.21. The van der Waals surface area contributed by atoms with E-state index in [1.165, 1.54) is 5.56 Å². The van der Waals surface area contributed by atoms with Crippen LogP contribution in [-0.2, 0) is 17.9 Å². The van der Waals surface area contributed by atoms with Crippen LogP contribution in [0.2, 0.25) is 0 Å². The molecular weight excluding hydrogens is 326 g/mol. The van der Waals surface area contributed by atoms with Gasteiger partial charge in [0.15, 0.2) is 0 Å². The number of carboxylic acid groups (broad SMARTS) is 1. The second kappa shape index (κ2) is 8.02. The van der Waals surface area contributed by atoms with Crippen molar-refractivity contribution in [3.63, 3.8) is 0 Å². The molecule has 0 aromatic heterocycles. The first-order valence-electron chi connectivity index (χ1n) is 8.70. The molecule has 3 aromatic carbocycles. The van der Waals surface area contributed by atoms with Crippen LogP contribution in [0.5, 0.6) is 5.75 Å². The zero-order valence-corrected chi connectivity index (χ0v) is 15.0. The third-order valence-corrected chi connectivity index (χ3v) is 4.43. The predicted molar refractivity (Wildman–Crippen MR) is 103 cm³/mol. The number of fused-ring (bicyclic) bond motifs is 1. The van der Waals surface area contributed by atoms with E-state index in [0.717, 1.165) is 27.6 Å². The molecule has 3 aromatic rings. The minimum atomic E-state index is -0.868. The van der Waals surface area contributed by atoms with E-state index in [9.17, 15) is 4.79 Å². The Balaban J connectivity index is 1.88. The highest BCUT2D eigenvalue weighted by Gasteiger charge is 2.14. The summed E-state index contributed by atoms with van der Waals surface area (Å²) in [6.45, 7) is 4.60. The summed E-state index contributed by atoms with van der Waals surface area (Å²) >= 11 is 0. The van der Waals surface area contributed by atoms with E-state index in [0.29, 0.717) is 13.2 Å². The molecule has 0 saturated heterocycles. The van der Waals surface area contributed by atoms with Crippen molar-refractivity contribution < 1.29 is 14.6 Å². The van der Waals surface area contributed by atoms with Crippen LogP contribution in [-0.4, -0.2) is 17.1 Å². The molecule has 4 nitrogen and oxygen atoms in total. The molecule has 26 heavy (non-hydrogen) atoms. The van der Waals surface area contributed by atoms with Gasteiger partial charge in [0.25, 0.3) is 0 Å². The number of rotatable bonds is 7. The van der Waals surface area contributed by atoms with Crippen molar-refractivity contribution in [3.05, 3.63) is 77.4 Å². The van der Waals surface area contributed by atoms with Crippen molar-refractivity contribution in [1.29, 1.82) is 0 Å². The molecule has 4 heteroatoms. The monoisotopic (exact) mass is 349 g/mol. The number of nitrogens with one attached hydrogen (secondary N) is 1. The van der Waals surface area contributed by atoms with Crippen molar-refractivity contribution in [2.75, 3.05) is 0 Å². The minimum absolute atomic E-state index is 0.429. The topological polar surface area (TPSA) is 58.6 Å². The third-order valence-electron chi connectivity index (χ3n) is 4.43. The lowest BCUT2D eigenvalue weighted by Crippen LogP contribution is -2.33. The van der Waals surface area contributed by atoms with E-state index in [4.69, 9.17) is 9.84 Å². The van der Waals surface area contributed by atoms with Gasteiger partial charge in [-0.2, -0.15) is 0 Å². The normalized spacial score (nSPS) is 12.1. The average Bonchev–Trinajstić information content (AvgIpc) is 2.64. The number of ether oxygens (including phenoxy) is 1. The summed E-state index contributed by atoms with van der Waals surface area (Å²) in [5, 5.41) is 14.4. The Kier molecular flexibility index (Phi) is 5.54. The molecule has 0 heterocycles. The van der Waals surface area contributed by atoms with Crippen LogP contribution in [0.3, 0.4) is 0 Å². The summed E-state index contributed by atoms with van der Waals surface area (Å²) in [4.78, 5) is 11.1. The molecule has 3 rings (SSSR count). The second-order valence-electron chi connectivity index (χ2n) is 6.48. The zero-order chi connectivity index (χ0) is 18.5. The number of carboxylic acids is 1. The van der Waals surface area contributed by atoms with Crippen molar-refractivity contribution in [3.8, 4) is 5.75 Å². The summed E-state index contributed by atoms with van der Waals surface area (Å²) in [6, 6.07) is 19.6. The first kappa shape index (κ1) is 18.0. The highest BCUT2D eigenvalue weighted by molar-refractivity contribution is 5.87. The number of benzene rings is 3. The Hall–Kier alpha value is -2.85. The molecule has 0 aliphatic rings. The van der Waals surface area contributed by atoms with Gasteiger partial charge in [0.05, 0.1) is 0 Å². The molecule has 0 aliphatic carbocycles. The fourth-order valence-electron chi connectivity index (χ4n) is 2.94. The summed E-state index contributed by atoms with van der Waals surface area (Å²) in [6.07, 6.45) is 0. The van der Waals surface area contributed by atoms with Gasteiger partial charge >= 0.3 is 5.97 Å². The van der Waals surface area contributed by atoms with E-state index in [-0.39, 0.29) is 0 Å². The molecule has 0 bridgehead atoms. The zero-order valence-electron chi connectivity index (χ0n) is 15.0. The fourth-order valence-corrected chi connectivity index (χ4v) is 2.94. The highest BCUT2D eigenvalue weighted by atomic mass is 16.5. The van der Waals surface area contributed by atoms with Crippen molar-refractivity contribution in [2.45, 2.75) is 33.0 Å². The molecule has 134 valence electrons. The maximum atomic E-state index is 11.1. The van der Waals surface area contributed by atoms with Gasteiger partial charge in [0.1, 0.15) is 18.4 Å². The van der Waals surface area contributed by atoms with Crippen LogP contribution in [0, 0.1) is 6.92 Å². The summed E-state index contributed by atoms with van der Waals surface area (Å²) in [5.41, 5.74) is 3.28. The Bertz CT molecular complexity index is 920. The molecule has 1 unspecified atom stereocenters. The van der Waals surface area contributed by atoms with E-state index in [2.05, 4.69) is 24.4 Å². The quantitative estimate of drug-likeness (QED) is 0.668. The number of aryl methyl sites for hydroxylation is 1. The van der Waals surface area contributed by atoms with Crippen LogP contribution in [0.25, 0.3) is 10.8 Å². The average molecular weight is 349 g/mol. The van der Waals surface area contributed by atoms with Gasteiger partial charge in [-0.25, -0.2) is 0 Å². The summed E-state index contributed by atoms with van der Waals surface area (Å²) < 4.78 is 6.09. The number of hydrogen-bond acceptors (Lipinski definition) is 3.